The van der Waals surface area contributed by atoms with Gasteiger partial charge < -0.3 is 10.1 Å². The third-order valence-corrected chi connectivity index (χ3v) is 2.58. The van der Waals surface area contributed by atoms with E-state index in [4.69, 9.17) is 27.9 Å². The maximum atomic E-state index is 5.91. The Morgan fingerprint density at radius 3 is 2.72 bits per heavy atom. The van der Waals surface area contributed by atoms with Crippen LogP contribution in [0, 0.1) is 0 Å². The van der Waals surface area contributed by atoms with Crippen LogP contribution in [0.3, 0.4) is 0 Å². The molecule has 4 nitrogen and oxygen atoms in total. The van der Waals surface area contributed by atoms with E-state index in [2.05, 4.69) is 15.3 Å². The first-order valence-electron chi connectivity index (χ1n) is 5.35. The zero-order valence-corrected chi connectivity index (χ0v) is 10.9. The predicted octanol–water partition coefficient (Wildman–Crippen LogP) is 3.27. The first-order valence-corrected chi connectivity index (χ1v) is 6.11. The standard InChI is InChI=1S/C12H11Cl2N3O/c13-10-8-16-12(14)17-11(10)15-6-7-18-9-4-2-1-3-5-9/h1-5,8H,6-7H2,(H,15,16,17). The van der Waals surface area contributed by atoms with Crippen molar-refractivity contribution >= 4 is 29.0 Å². The molecule has 0 aliphatic rings. The van der Waals surface area contributed by atoms with Gasteiger partial charge in [0.1, 0.15) is 23.2 Å². The molecule has 1 aromatic heterocycles. The molecule has 0 bridgehead atoms. The van der Waals surface area contributed by atoms with Crippen LogP contribution in [0.15, 0.2) is 36.5 Å². The molecule has 0 aliphatic heterocycles. The van der Waals surface area contributed by atoms with Crippen molar-refractivity contribution in [2.24, 2.45) is 0 Å². The molecule has 18 heavy (non-hydrogen) atoms. The SMILES string of the molecule is Clc1ncc(Cl)c(NCCOc2ccccc2)n1. The number of aromatic nitrogens is 2. The zero-order valence-electron chi connectivity index (χ0n) is 9.44. The van der Waals surface area contributed by atoms with Gasteiger partial charge in [-0.2, -0.15) is 4.98 Å². The predicted molar refractivity (Wildman–Crippen MR) is 72.5 cm³/mol. The van der Waals surface area contributed by atoms with Gasteiger partial charge in [0.2, 0.25) is 5.28 Å². The van der Waals surface area contributed by atoms with Crippen molar-refractivity contribution in [3.05, 3.63) is 46.8 Å². The Balaban J connectivity index is 1.80. The van der Waals surface area contributed by atoms with E-state index in [0.717, 1.165) is 5.75 Å². The second kappa shape index (κ2) is 6.42. The van der Waals surface area contributed by atoms with Gasteiger partial charge in [0.25, 0.3) is 0 Å². The van der Waals surface area contributed by atoms with Gasteiger partial charge in [0.15, 0.2) is 0 Å². The number of hydrogen-bond acceptors (Lipinski definition) is 4. The number of ether oxygens (including phenoxy) is 1. The summed E-state index contributed by atoms with van der Waals surface area (Å²) in [5, 5.41) is 3.62. The van der Waals surface area contributed by atoms with Crippen molar-refractivity contribution in [1.82, 2.24) is 9.97 Å². The highest BCUT2D eigenvalue weighted by Gasteiger charge is 2.03. The average Bonchev–Trinajstić information content (AvgIpc) is 2.40. The van der Waals surface area contributed by atoms with E-state index >= 15 is 0 Å². The van der Waals surface area contributed by atoms with Gasteiger partial charge in [-0.15, -0.1) is 0 Å². The molecule has 0 radical (unpaired) electrons. The maximum absolute atomic E-state index is 5.91. The van der Waals surface area contributed by atoms with E-state index in [9.17, 15) is 0 Å². The van der Waals surface area contributed by atoms with Crippen molar-refractivity contribution in [1.29, 1.82) is 0 Å². The van der Waals surface area contributed by atoms with Crippen LogP contribution in [0.4, 0.5) is 5.82 Å². The fourth-order valence-electron chi connectivity index (χ4n) is 1.32. The van der Waals surface area contributed by atoms with Crippen LogP contribution in [0.1, 0.15) is 0 Å². The molecule has 0 amide bonds. The Bertz CT molecular complexity index is 508. The van der Waals surface area contributed by atoms with Crippen LogP contribution in [0.2, 0.25) is 10.3 Å². The molecule has 0 aliphatic carbocycles. The summed E-state index contributed by atoms with van der Waals surface area (Å²) in [5.41, 5.74) is 0. The molecule has 2 aromatic rings. The number of halogens is 2. The van der Waals surface area contributed by atoms with Crippen LogP contribution >= 0.6 is 23.2 Å². The van der Waals surface area contributed by atoms with Crippen LogP contribution in [0.5, 0.6) is 5.75 Å². The molecular formula is C12H11Cl2N3O. The summed E-state index contributed by atoms with van der Waals surface area (Å²) in [6.07, 6.45) is 1.46. The molecule has 0 saturated carbocycles. The Hall–Kier alpha value is -1.52. The van der Waals surface area contributed by atoms with E-state index in [1.807, 2.05) is 30.3 Å². The molecule has 1 N–H and O–H groups in total. The average molecular weight is 284 g/mol. The largest absolute Gasteiger partial charge is 0.492 e. The molecule has 0 fully saturated rings. The lowest BCUT2D eigenvalue weighted by Gasteiger charge is -2.08. The molecule has 1 aromatic carbocycles. The molecule has 94 valence electrons. The second-order valence-corrected chi connectivity index (χ2v) is 4.17. The van der Waals surface area contributed by atoms with Gasteiger partial charge in [-0.3, -0.25) is 0 Å². The highest BCUT2D eigenvalue weighted by atomic mass is 35.5. The van der Waals surface area contributed by atoms with Gasteiger partial charge in [-0.1, -0.05) is 29.8 Å². The summed E-state index contributed by atoms with van der Waals surface area (Å²) in [5.74, 6) is 1.33. The monoisotopic (exact) mass is 283 g/mol. The van der Waals surface area contributed by atoms with Crippen molar-refractivity contribution in [3.8, 4) is 5.75 Å². The normalized spacial score (nSPS) is 10.1. The molecule has 2 rings (SSSR count). The van der Waals surface area contributed by atoms with Crippen LogP contribution in [-0.2, 0) is 0 Å². The minimum absolute atomic E-state index is 0.158. The van der Waals surface area contributed by atoms with Gasteiger partial charge in [-0.25, -0.2) is 4.98 Å². The molecule has 0 atom stereocenters. The summed E-state index contributed by atoms with van der Waals surface area (Å²) in [6.45, 7) is 1.07. The Labute approximate surface area is 115 Å². The van der Waals surface area contributed by atoms with Crippen LogP contribution in [-0.4, -0.2) is 23.1 Å². The highest BCUT2D eigenvalue weighted by molar-refractivity contribution is 6.33. The number of anilines is 1. The Kier molecular flexibility index (Phi) is 4.61. The quantitative estimate of drug-likeness (QED) is 0.676. The number of nitrogens with zero attached hydrogens (tertiary/aromatic N) is 2. The topological polar surface area (TPSA) is 47.0 Å². The summed E-state index contributed by atoms with van der Waals surface area (Å²) < 4.78 is 5.52. The minimum Gasteiger partial charge on any atom is -0.492 e. The molecule has 1 heterocycles. The van der Waals surface area contributed by atoms with E-state index in [0.29, 0.717) is 24.0 Å². The zero-order chi connectivity index (χ0) is 12.8. The van der Waals surface area contributed by atoms with E-state index in [1.54, 1.807) is 0 Å². The minimum atomic E-state index is 0.158. The van der Waals surface area contributed by atoms with Gasteiger partial charge in [0.05, 0.1) is 12.7 Å². The third kappa shape index (κ3) is 3.75. The number of para-hydroxylation sites is 1. The van der Waals surface area contributed by atoms with E-state index in [1.165, 1.54) is 6.20 Å². The molecular weight excluding hydrogens is 273 g/mol. The highest BCUT2D eigenvalue weighted by Crippen LogP contribution is 2.18. The van der Waals surface area contributed by atoms with Gasteiger partial charge >= 0.3 is 0 Å². The summed E-state index contributed by atoms with van der Waals surface area (Å²) in [4.78, 5) is 7.74. The lowest BCUT2D eigenvalue weighted by molar-refractivity contribution is 0.333. The van der Waals surface area contributed by atoms with E-state index < -0.39 is 0 Å². The Morgan fingerprint density at radius 2 is 1.94 bits per heavy atom. The molecule has 0 unspecified atom stereocenters. The fourth-order valence-corrected chi connectivity index (χ4v) is 1.62. The van der Waals surface area contributed by atoms with Gasteiger partial charge in [-0.05, 0) is 23.7 Å². The van der Waals surface area contributed by atoms with Crippen LogP contribution < -0.4 is 10.1 Å². The maximum Gasteiger partial charge on any atom is 0.224 e. The third-order valence-electron chi connectivity index (χ3n) is 2.12. The first-order chi connectivity index (χ1) is 8.75. The van der Waals surface area contributed by atoms with Gasteiger partial charge in [0, 0.05) is 0 Å². The van der Waals surface area contributed by atoms with Crippen molar-refractivity contribution in [3.63, 3.8) is 0 Å². The lowest BCUT2D eigenvalue weighted by Crippen LogP contribution is -2.12. The fraction of sp³-hybridized carbons (Fsp3) is 0.167. The number of rotatable bonds is 5. The van der Waals surface area contributed by atoms with Crippen molar-refractivity contribution in [2.45, 2.75) is 0 Å². The lowest BCUT2D eigenvalue weighted by atomic mass is 10.3. The molecule has 0 saturated heterocycles. The summed E-state index contributed by atoms with van der Waals surface area (Å²) in [7, 11) is 0. The number of hydrogen-bond donors (Lipinski definition) is 1. The Morgan fingerprint density at radius 1 is 1.17 bits per heavy atom. The van der Waals surface area contributed by atoms with Crippen molar-refractivity contribution in [2.75, 3.05) is 18.5 Å². The molecule has 0 spiro atoms. The second-order valence-electron chi connectivity index (χ2n) is 3.42. The van der Waals surface area contributed by atoms with Crippen molar-refractivity contribution < 1.29 is 4.74 Å². The summed E-state index contributed by atoms with van der Waals surface area (Å²) >= 11 is 11.6. The number of benzene rings is 1. The van der Waals surface area contributed by atoms with E-state index in [-0.39, 0.29) is 5.28 Å². The first kappa shape index (κ1) is 12.9. The van der Waals surface area contributed by atoms with Crippen LogP contribution in [0.25, 0.3) is 0 Å². The molecule has 6 heteroatoms. The smallest absolute Gasteiger partial charge is 0.224 e. The number of nitrogens with one attached hydrogen (secondary N) is 1. The summed E-state index contributed by atoms with van der Waals surface area (Å²) in [6, 6.07) is 9.57.